The number of thiocarbonyl (C=S) groups is 1. The lowest BCUT2D eigenvalue weighted by atomic mass is 10.2. The van der Waals surface area contributed by atoms with Crippen LogP contribution in [-0.4, -0.2) is 42.7 Å². The minimum Gasteiger partial charge on any atom is -0.494 e. The van der Waals surface area contributed by atoms with Crippen LogP contribution in [0.1, 0.15) is 73.1 Å². The summed E-state index contributed by atoms with van der Waals surface area (Å²) in [4.78, 5) is 36.2. The Kier molecular flexibility index (Phi) is 13.5. The largest absolute Gasteiger partial charge is 0.494 e. The Bertz CT molecular complexity index is 1010. The van der Waals surface area contributed by atoms with Crippen LogP contribution in [0.3, 0.4) is 0 Å². The van der Waals surface area contributed by atoms with Gasteiger partial charge in [0.15, 0.2) is 11.7 Å². The van der Waals surface area contributed by atoms with Crippen LogP contribution < -0.4 is 25.6 Å². The number of amides is 2. The molecular weight excluding hydrogens is 494 g/mol. The predicted octanol–water partition coefficient (Wildman–Crippen LogP) is 4.32. The quantitative estimate of drug-likeness (QED) is 0.144. The van der Waals surface area contributed by atoms with Crippen molar-refractivity contribution in [2.75, 3.05) is 19.8 Å². The standard InChI is InChI=1S/C27H35N3O6S/c1-3-5-6-7-8-18-34-22-13-9-20(10-14-22)25(32)28-27(37)30-29-24(31)19-36-23-15-11-21(12-16-23)26(33)35-17-4-2/h9-16H,3-8,17-19H2,1-2H3,(H,29,31)(H2,28,30,32,37). The summed E-state index contributed by atoms with van der Waals surface area (Å²) in [7, 11) is 0. The number of hydrogen-bond acceptors (Lipinski definition) is 7. The van der Waals surface area contributed by atoms with E-state index >= 15 is 0 Å². The fourth-order valence-corrected chi connectivity index (χ4v) is 3.23. The molecule has 200 valence electrons. The molecule has 0 atom stereocenters. The first-order valence-electron chi connectivity index (χ1n) is 12.5. The monoisotopic (exact) mass is 529 g/mol. The molecular formula is C27H35N3O6S. The van der Waals surface area contributed by atoms with Gasteiger partial charge in [-0.15, -0.1) is 0 Å². The fraction of sp³-hybridized carbons (Fsp3) is 0.407. The first-order chi connectivity index (χ1) is 17.9. The highest BCUT2D eigenvalue weighted by atomic mass is 32.1. The highest BCUT2D eigenvalue weighted by Gasteiger charge is 2.10. The molecule has 0 aliphatic heterocycles. The van der Waals surface area contributed by atoms with Crippen molar-refractivity contribution in [3.05, 3.63) is 59.7 Å². The van der Waals surface area contributed by atoms with Crippen molar-refractivity contribution in [2.45, 2.75) is 52.4 Å². The van der Waals surface area contributed by atoms with Gasteiger partial charge in [0.05, 0.1) is 18.8 Å². The van der Waals surface area contributed by atoms with E-state index in [-0.39, 0.29) is 11.7 Å². The highest BCUT2D eigenvalue weighted by Crippen LogP contribution is 2.14. The number of hydrogen-bond donors (Lipinski definition) is 3. The molecule has 2 aromatic carbocycles. The van der Waals surface area contributed by atoms with Gasteiger partial charge in [-0.3, -0.25) is 25.8 Å². The van der Waals surface area contributed by atoms with Crippen LogP contribution in [0, 0.1) is 0 Å². The molecule has 0 aliphatic carbocycles. The minimum atomic E-state index is -0.515. The maximum atomic E-state index is 12.4. The van der Waals surface area contributed by atoms with Crippen LogP contribution in [-0.2, 0) is 9.53 Å². The predicted molar refractivity (Wildman–Crippen MR) is 145 cm³/mol. The zero-order valence-corrected chi connectivity index (χ0v) is 22.2. The van der Waals surface area contributed by atoms with E-state index in [1.165, 1.54) is 19.3 Å². The Morgan fingerprint density at radius 3 is 2.00 bits per heavy atom. The lowest BCUT2D eigenvalue weighted by molar-refractivity contribution is -0.123. The Balaban J connectivity index is 1.66. The van der Waals surface area contributed by atoms with Crippen LogP contribution in [0.25, 0.3) is 0 Å². The van der Waals surface area contributed by atoms with Crippen molar-refractivity contribution < 1.29 is 28.6 Å². The molecule has 9 nitrogen and oxygen atoms in total. The second kappa shape index (κ2) is 16.9. The lowest BCUT2D eigenvalue weighted by Crippen LogP contribution is -2.49. The van der Waals surface area contributed by atoms with Crippen LogP contribution in [0.15, 0.2) is 48.5 Å². The van der Waals surface area contributed by atoms with Gasteiger partial charge >= 0.3 is 5.97 Å². The van der Waals surface area contributed by atoms with E-state index in [4.69, 9.17) is 26.4 Å². The third-order valence-electron chi connectivity index (χ3n) is 5.07. The molecule has 10 heteroatoms. The molecule has 2 aromatic rings. The number of carbonyl (C=O) groups is 3. The maximum absolute atomic E-state index is 12.4. The average Bonchev–Trinajstić information content (AvgIpc) is 2.91. The summed E-state index contributed by atoms with van der Waals surface area (Å²) in [6.07, 6.45) is 6.55. The number of carbonyl (C=O) groups excluding carboxylic acids is 3. The summed E-state index contributed by atoms with van der Waals surface area (Å²) in [5, 5.41) is 2.42. The topological polar surface area (TPSA) is 115 Å². The molecule has 37 heavy (non-hydrogen) atoms. The fourth-order valence-electron chi connectivity index (χ4n) is 3.08. The molecule has 0 heterocycles. The molecule has 0 saturated carbocycles. The molecule has 3 N–H and O–H groups in total. The van der Waals surface area contributed by atoms with Crippen LogP contribution in [0.4, 0.5) is 0 Å². The zero-order valence-electron chi connectivity index (χ0n) is 21.3. The third kappa shape index (κ3) is 11.7. The molecule has 0 fully saturated rings. The van der Waals surface area contributed by atoms with E-state index in [2.05, 4.69) is 23.1 Å². The van der Waals surface area contributed by atoms with E-state index in [1.54, 1.807) is 48.5 Å². The van der Waals surface area contributed by atoms with Gasteiger partial charge in [-0.05, 0) is 73.6 Å². The first-order valence-corrected chi connectivity index (χ1v) is 12.9. The Labute approximate surface area is 223 Å². The zero-order chi connectivity index (χ0) is 26.9. The number of benzene rings is 2. The van der Waals surface area contributed by atoms with Crippen molar-refractivity contribution in [3.63, 3.8) is 0 Å². The molecule has 0 saturated heterocycles. The smallest absolute Gasteiger partial charge is 0.338 e. The number of esters is 1. The van der Waals surface area contributed by atoms with Gasteiger partial charge < -0.3 is 14.2 Å². The maximum Gasteiger partial charge on any atom is 0.338 e. The van der Waals surface area contributed by atoms with Gasteiger partial charge in [-0.1, -0.05) is 39.5 Å². The molecule has 0 radical (unpaired) electrons. The highest BCUT2D eigenvalue weighted by molar-refractivity contribution is 7.80. The second-order valence-corrected chi connectivity index (χ2v) is 8.60. The van der Waals surface area contributed by atoms with Gasteiger partial charge in [0, 0.05) is 5.56 Å². The summed E-state index contributed by atoms with van der Waals surface area (Å²) >= 11 is 5.05. The summed E-state index contributed by atoms with van der Waals surface area (Å²) in [5.74, 6) is -0.248. The molecule has 0 aliphatic rings. The first kappa shape index (κ1) is 29.6. The summed E-state index contributed by atoms with van der Waals surface area (Å²) < 4.78 is 16.1. The van der Waals surface area contributed by atoms with Crippen molar-refractivity contribution in [1.82, 2.24) is 16.2 Å². The van der Waals surface area contributed by atoms with Gasteiger partial charge in [-0.25, -0.2) is 4.79 Å². The van der Waals surface area contributed by atoms with E-state index in [0.29, 0.717) is 35.8 Å². The number of hydrazine groups is 1. The van der Waals surface area contributed by atoms with Crippen LogP contribution in [0.5, 0.6) is 11.5 Å². The molecule has 0 aromatic heterocycles. The summed E-state index contributed by atoms with van der Waals surface area (Å²) in [6.45, 7) is 4.79. The molecule has 0 spiro atoms. The van der Waals surface area contributed by atoms with E-state index in [9.17, 15) is 14.4 Å². The van der Waals surface area contributed by atoms with Crippen molar-refractivity contribution in [1.29, 1.82) is 0 Å². The van der Waals surface area contributed by atoms with E-state index in [1.807, 2.05) is 6.92 Å². The Morgan fingerprint density at radius 2 is 1.35 bits per heavy atom. The normalized spacial score (nSPS) is 10.2. The minimum absolute atomic E-state index is 0.0688. The number of unbranched alkanes of at least 4 members (excludes halogenated alkanes) is 4. The summed E-state index contributed by atoms with van der Waals surface area (Å²) in [5.41, 5.74) is 5.60. The van der Waals surface area contributed by atoms with E-state index < -0.39 is 17.8 Å². The Morgan fingerprint density at radius 1 is 0.730 bits per heavy atom. The van der Waals surface area contributed by atoms with Gasteiger partial charge in [0.2, 0.25) is 0 Å². The van der Waals surface area contributed by atoms with Crippen molar-refractivity contribution in [3.8, 4) is 11.5 Å². The molecule has 0 unspecified atom stereocenters. The number of ether oxygens (including phenoxy) is 3. The molecule has 2 rings (SSSR count). The number of nitrogens with one attached hydrogen (secondary N) is 3. The van der Waals surface area contributed by atoms with Gasteiger partial charge in [-0.2, -0.15) is 0 Å². The number of rotatable bonds is 14. The second-order valence-electron chi connectivity index (χ2n) is 8.19. The SMILES string of the molecule is CCCCCCCOc1ccc(C(=O)NC(=S)NNC(=O)COc2ccc(C(=O)OCCC)cc2)cc1. The lowest BCUT2D eigenvalue weighted by Gasteiger charge is -2.12. The third-order valence-corrected chi connectivity index (χ3v) is 5.28. The van der Waals surface area contributed by atoms with Crippen LogP contribution >= 0.6 is 12.2 Å². The van der Waals surface area contributed by atoms with E-state index in [0.717, 1.165) is 19.3 Å². The van der Waals surface area contributed by atoms with Crippen molar-refractivity contribution >= 4 is 35.1 Å². The molecule has 0 bridgehead atoms. The molecule has 2 amide bonds. The summed E-state index contributed by atoms with van der Waals surface area (Å²) in [6, 6.07) is 13.0. The van der Waals surface area contributed by atoms with Gasteiger partial charge in [0.1, 0.15) is 11.5 Å². The van der Waals surface area contributed by atoms with Crippen LogP contribution in [0.2, 0.25) is 0 Å². The average molecular weight is 530 g/mol. The Hall–Kier alpha value is -3.66. The van der Waals surface area contributed by atoms with Gasteiger partial charge in [0.25, 0.3) is 11.8 Å². The van der Waals surface area contributed by atoms with Crippen molar-refractivity contribution in [2.24, 2.45) is 0 Å².